The third-order valence-corrected chi connectivity index (χ3v) is 2.55. The van der Waals surface area contributed by atoms with Crippen LogP contribution >= 0.6 is 0 Å². The zero-order chi connectivity index (χ0) is 12.3. The SMILES string of the molecule is Cc1cn(C2CC2)nc1C(C)(C)C.O=S=O. The van der Waals surface area contributed by atoms with Gasteiger partial charge in [-0.05, 0) is 25.3 Å². The first-order chi connectivity index (χ1) is 7.40. The molecule has 1 heterocycles. The van der Waals surface area contributed by atoms with Gasteiger partial charge >= 0.3 is 11.6 Å². The van der Waals surface area contributed by atoms with Gasteiger partial charge in [0.1, 0.15) is 0 Å². The minimum Gasteiger partial charge on any atom is -0.269 e. The highest BCUT2D eigenvalue weighted by molar-refractivity contribution is 7.51. The summed E-state index contributed by atoms with van der Waals surface area (Å²) in [6, 6.07) is 0.704. The molecule has 0 N–H and O–H groups in total. The smallest absolute Gasteiger partial charge is 0.269 e. The van der Waals surface area contributed by atoms with Crippen molar-refractivity contribution in [2.45, 2.75) is 52.0 Å². The maximum absolute atomic E-state index is 8.29. The maximum Gasteiger partial charge on any atom is 0.335 e. The molecule has 1 fully saturated rings. The molecule has 0 spiro atoms. The summed E-state index contributed by atoms with van der Waals surface area (Å²) in [5, 5.41) is 4.66. The highest BCUT2D eigenvalue weighted by Gasteiger charge is 2.27. The van der Waals surface area contributed by atoms with Crippen LogP contribution in [0.5, 0.6) is 0 Å². The van der Waals surface area contributed by atoms with Crippen molar-refractivity contribution < 1.29 is 8.42 Å². The summed E-state index contributed by atoms with van der Waals surface area (Å²) in [5.41, 5.74) is 2.77. The standard InChI is InChI=1S/C11H18N2.O2S/c1-8-7-13(9-5-6-9)12-10(8)11(2,3)4;1-3-2/h7,9H,5-6H2,1-4H3;. The third kappa shape index (κ3) is 3.27. The Morgan fingerprint density at radius 1 is 1.38 bits per heavy atom. The van der Waals surface area contributed by atoms with Crippen molar-refractivity contribution in [2.75, 3.05) is 0 Å². The van der Waals surface area contributed by atoms with Crippen molar-refractivity contribution in [3.63, 3.8) is 0 Å². The molecule has 0 radical (unpaired) electrons. The average molecular weight is 242 g/mol. The van der Waals surface area contributed by atoms with E-state index in [4.69, 9.17) is 8.42 Å². The monoisotopic (exact) mass is 242 g/mol. The Bertz CT molecular complexity index is 397. The third-order valence-electron chi connectivity index (χ3n) is 2.55. The summed E-state index contributed by atoms with van der Waals surface area (Å²) < 4.78 is 18.7. The molecule has 1 aromatic heterocycles. The number of hydrogen-bond donors (Lipinski definition) is 0. The predicted octanol–water partition coefficient (Wildman–Crippen LogP) is 2.15. The molecular formula is C11H18N2O2S. The van der Waals surface area contributed by atoms with Crippen LogP contribution in [0.15, 0.2) is 6.20 Å². The van der Waals surface area contributed by atoms with Gasteiger partial charge in [0.2, 0.25) is 0 Å². The van der Waals surface area contributed by atoms with Crippen molar-refractivity contribution in [1.29, 1.82) is 0 Å². The Kier molecular flexibility index (Phi) is 4.02. The number of hydrogen-bond acceptors (Lipinski definition) is 3. The first kappa shape index (κ1) is 13.1. The zero-order valence-corrected chi connectivity index (χ0v) is 11.0. The summed E-state index contributed by atoms with van der Waals surface area (Å²) in [6.45, 7) is 8.82. The van der Waals surface area contributed by atoms with Crippen LogP contribution in [-0.2, 0) is 17.0 Å². The Hall–Kier alpha value is -0.970. The zero-order valence-electron chi connectivity index (χ0n) is 10.2. The number of aryl methyl sites for hydroxylation is 1. The van der Waals surface area contributed by atoms with E-state index in [1.807, 2.05) is 0 Å². The van der Waals surface area contributed by atoms with Gasteiger partial charge in [0, 0.05) is 11.6 Å². The highest BCUT2D eigenvalue weighted by Crippen LogP contribution is 2.35. The van der Waals surface area contributed by atoms with Gasteiger partial charge in [-0.3, -0.25) is 4.68 Å². The molecule has 1 aromatic rings. The topological polar surface area (TPSA) is 52.0 Å². The van der Waals surface area contributed by atoms with E-state index in [0.29, 0.717) is 6.04 Å². The quantitative estimate of drug-likeness (QED) is 0.758. The molecule has 1 aliphatic rings. The van der Waals surface area contributed by atoms with Crippen LogP contribution in [0, 0.1) is 6.92 Å². The lowest BCUT2D eigenvalue weighted by molar-refractivity contribution is 0.535. The molecule has 5 heteroatoms. The second-order valence-electron chi connectivity index (χ2n) is 5.19. The maximum atomic E-state index is 8.29. The lowest BCUT2D eigenvalue weighted by Gasteiger charge is -2.16. The molecule has 0 bridgehead atoms. The van der Waals surface area contributed by atoms with Crippen LogP contribution < -0.4 is 0 Å². The van der Waals surface area contributed by atoms with Gasteiger partial charge < -0.3 is 0 Å². The molecule has 0 atom stereocenters. The highest BCUT2D eigenvalue weighted by atomic mass is 32.1. The fourth-order valence-electron chi connectivity index (χ4n) is 1.75. The summed E-state index contributed by atoms with van der Waals surface area (Å²) in [6.07, 6.45) is 4.81. The molecule has 0 aromatic carbocycles. The molecular weight excluding hydrogens is 224 g/mol. The van der Waals surface area contributed by atoms with E-state index in [1.165, 1.54) is 24.1 Å². The lowest BCUT2D eigenvalue weighted by Crippen LogP contribution is -2.14. The minimum atomic E-state index is -0.750. The molecule has 2 rings (SSSR count). The Balaban J connectivity index is 0.000000386. The van der Waals surface area contributed by atoms with Crippen LogP contribution in [-0.4, -0.2) is 18.2 Å². The summed E-state index contributed by atoms with van der Waals surface area (Å²) in [4.78, 5) is 0. The van der Waals surface area contributed by atoms with Gasteiger partial charge in [0.15, 0.2) is 0 Å². The molecule has 16 heavy (non-hydrogen) atoms. The Morgan fingerprint density at radius 2 is 1.88 bits per heavy atom. The van der Waals surface area contributed by atoms with Gasteiger partial charge in [0.25, 0.3) is 0 Å². The Labute approximate surface area is 99.6 Å². The van der Waals surface area contributed by atoms with Crippen LogP contribution in [0.25, 0.3) is 0 Å². The first-order valence-corrected chi connectivity index (χ1v) is 6.05. The van der Waals surface area contributed by atoms with Gasteiger partial charge in [0.05, 0.1) is 11.7 Å². The van der Waals surface area contributed by atoms with E-state index in [9.17, 15) is 0 Å². The molecule has 4 nitrogen and oxygen atoms in total. The van der Waals surface area contributed by atoms with E-state index in [2.05, 4.69) is 43.7 Å². The molecule has 1 aliphatic carbocycles. The summed E-state index contributed by atoms with van der Waals surface area (Å²) >= 11 is -0.750. The molecule has 0 amide bonds. The largest absolute Gasteiger partial charge is 0.335 e. The average Bonchev–Trinajstić information content (AvgIpc) is 2.89. The van der Waals surface area contributed by atoms with Crippen molar-refractivity contribution in [2.24, 2.45) is 0 Å². The normalized spacial score (nSPS) is 15.2. The van der Waals surface area contributed by atoms with Crippen molar-refractivity contribution in [1.82, 2.24) is 9.78 Å². The van der Waals surface area contributed by atoms with Crippen LogP contribution in [0.3, 0.4) is 0 Å². The molecule has 0 aliphatic heterocycles. The van der Waals surface area contributed by atoms with Crippen LogP contribution in [0.4, 0.5) is 0 Å². The fourth-order valence-corrected chi connectivity index (χ4v) is 1.75. The van der Waals surface area contributed by atoms with Crippen molar-refractivity contribution in [3.8, 4) is 0 Å². The Morgan fingerprint density at radius 3 is 2.19 bits per heavy atom. The van der Waals surface area contributed by atoms with Crippen molar-refractivity contribution >= 4 is 11.6 Å². The predicted molar refractivity (Wildman–Crippen MR) is 62.9 cm³/mol. The second kappa shape index (κ2) is 4.91. The van der Waals surface area contributed by atoms with E-state index in [1.54, 1.807) is 0 Å². The first-order valence-electron chi connectivity index (χ1n) is 5.38. The van der Waals surface area contributed by atoms with E-state index < -0.39 is 11.6 Å². The van der Waals surface area contributed by atoms with Gasteiger partial charge in [-0.2, -0.15) is 13.5 Å². The summed E-state index contributed by atoms with van der Waals surface area (Å²) in [7, 11) is 0. The molecule has 90 valence electrons. The van der Waals surface area contributed by atoms with E-state index in [-0.39, 0.29) is 5.41 Å². The van der Waals surface area contributed by atoms with Crippen LogP contribution in [0.2, 0.25) is 0 Å². The van der Waals surface area contributed by atoms with Gasteiger partial charge in [-0.25, -0.2) is 0 Å². The van der Waals surface area contributed by atoms with Crippen molar-refractivity contribution in [3.05, 3.63) is 17.5 Å². The fraction of sp³-hybridized carbons (Fsp3) is 0.727. The number of rotatable bonds is 1. The molecule has 0 unspecified atom stereocenters. The van der Waals surface area contributed by atoms with Gasteiger partial charge in [-0.1, -0.05) is 20.8 Å². The number of nitrogens with zero attached hydrogens (tertiary/aromatic N) is 2. The summed E-state index contributed by atoms with van der Waals surface area (Å²) in [5.74, 6) is 0. The number of aromatic nitrogens is 2. The minimum absolute atomic E-state index is 0.185. The second-order valence-corrected chi connectivity index (χ2v) is 5.33. The molecule has 1 saturated carbocycles. The van der Waals surface area contributed by atoms with E-state index in [0.717, 1.165) is 0 Å². The molecule has 0 saturated heterocycles. The van der Waals surface area contributed by atoms with Crippen LogP contribution in [0.1, 0.15) is 50.9 Å². The van der Waals surface area contributed by atoms with E-state index >= 15 is 0 Å². The van der Waals surface area contributed by atoms with Gasteiger partial charge in [-0.15, -0.1) is 0 Å². The lowest BCUT2D eigenvalue weighted by atomic mass is 9.90.